The van der Waals surface area contributed by atoms with E-state index in [1.54, 1.807) is 0 Å². The average Bonchev–Trinajstić information content (AvgIpc) is 2.73. The summed E-state index contributed by atoms with van der Waals surface area (Å²) >= 11 is 0. The molecular formula is C23H39NO6. The molecule has 0 spiro atoms. The van der Waals surface area contributed by atoms with Crippen LogP contribution in [0.3, 0.4) is 0 Å². The van der Waals surface area contributed by atoms with E-state index in [1.807, 2.05) is 6.92 Å². The quantitative estimate of drug-likeness (QED) is 0.198. The molecule has 172 valence electrons. The molecule has 2 aliphatic carbocycles. The highest BCUT2D eigenvalue weighted by molar-refractivity contribution is 5.73. The fourth-order valence-electron chi connectivity index (χ4n) is 4.66. The standard InChI is InChI=1S/C23H39NO6/c1-3-4-5-6-7-8-15-29-22(25)18-11-13-20(14-12-18)30-23(26)19-10-9-17(2)21(16-19)24(27)28/h17-21H,3-16H2,1-2H3. The molecule has 0 heterocycles. The lowest BCUT2D eigenvalue weighted by Crippen LogP contribution is -2.38. The van der Waals surface area contributed by atoms with E-state index in [1.165, 1.54) is 25.7 Å². The van der Waals surface area contributed by atoms with Gasteiger partial charge in [-0.25, -0.2) is 0 Å². The van der Waals surface area contributed by atoms with Gasteiger partial charge in [-0.3, -0.25) is 19.7 Å². The van der Waals surface area contributed by atoms with E-state index in [4.69, 9.17) is 9.47 Å². The van der Waals surface area contributed by atoms with Crippen molar-refractivity contribution in [2.45, 2.75) is 109 Å². The Bertz CT molecular complexity index is 558. The summed E-state index contributed by atoms with van der Waals surface area (Å²) in [5.74, 6) is -0.904. The smallest absolute Gasteiger partial charge is 0.309 e. The molecule has 2 rings (SSSR count). The van der Waals surface area contributed by atoms with Crippen molar-refractivity contribution in [3.8, 4) is 0 Å². The van der Waals surface area contributed by atoms with Crippen LogP contribution in [0.4, 0.5) is 0 Å². The summed E-state index contributed by atoms with van der Waals surface area (Å²) in [6.45, 7) is 4.57. The summed E-state index contributed by atoms with van der Waals surface area (Å²) in [4.78, 5) is 35.7. The van der Waals surface area contributed by atoms with Gasteiger partial charge in [-0.1, -0.05) is 46.0 Å². The molecule has 3 atom stereocenters. The maximum absolute atomic E-state index is 12.5. The highest BCUT2D eigenvalue weighted by Crippen LogP contribution is 2.33. The van der Waals surface area contributed by atoms with Crippen molar-refractivity contribution in [1.82, 2.24) is 0 Å². The number of carbonyl (C=O) groups is 2. The summed E-state index contributed by atoms with van der Waals surface area (Å²) in [5, 5.41) is 11.2. The summed E-state index contributed by atoms with van der Waals surface area (Å²) in [6.07, 6.45) is 11.1. The van der Waals surface area contributed by atoms with Crippen LogP contribution >= 0.6 is 0 Å². The van der Waals surface area contributed by atoms with Crippen molar-refractivity contribution in [2.24, 2.45) is 17.8 Å². The van der Waals surface area contributed by atoms with Crippen molar-refractivity contribution in [3.05, 3.63) is 10.1 Å². The van der Waals surface area contributed by atoms with Gasteiger partial charge in [0.15, 0.2) is 0 Å². The molecule has 2 aliphatic rings. The zero-order valence-corrected chi connectivity index (χ0v) is 18.7. The van der Waals surface area contributed by atoms with E-state index in [2.05, 4.69) is 6.92 Å². The molecule has 0 aromatic heterocycles. The predicted molar refractivity (Wildman–Crippen MR) is 113 cm³/mol. The molecule has 0 amide bonds. The van der Waals surface area contributed by atoms with Crippen molar-refractivity contribution < 1.29 is 24.0 Å². The van der Waals surface area contributed by atoms with E-state index in [9.17, 15) is 19.7 Å². The summed E-state index contributed by atoms with van der Waals surface area (Å²) in [7, 11) is 0. The normalized spacial score (nSPS) is 29.2. The molecule has 2 saturated carbocycles. The van der Waals surface area contributed by atoms with E-state index in [0.717, 1.165) is 12.8 Å². The Morgan fingerprint density at radius 3 is 2.20 bits per heavy atom. The van der Waals surface area contributed by atoms with E-state index in [-0.39, 0.29) is 47.1 Å². The van der Waals surface area contributed by atoms with Crippen LogP contribution in [-0.2, 0) is 19.1 Å². The maximum atomic E-state index is 12.5. The van der Waals surface area contributed by atoms with Crippen molar-refractivity contribution >= 4 is 11.9 Å². The second kappa shape index (κ2) is 12.9. The van der Waals surface area contributed by atoms with Gasteiger partial charge in [0.1, 0.15) is 6.10 Å². The molecule has 0 aromatic rings. The molecule has 0 radical (unpaired) electrons. The third-order valence-electron chi connectivity index (χ3n) is 6.79. The van der Waals surface area contributed by atoms with Crippen LogP contribution in [0.2, 0.25) is 0 Å². The molecule has 30 heavy (non-hydrogen) atoms. The monoisotopic (exact) mass is 425 g/mol. The number of ether oxygens (including phenoxy) is 2. The van der Waals surface area contributed by atoms with Gasteiger partial charge in [0.25, 0.3) is 0 Å². The summed E-state index contributed by atoms with van der Waals surface area (Å²) < 4.78 is 11.1. The van der Waals surface area contributed by atoms with Crippen LogP contribution in [0.15, 0.2) is 0 Å². The van der Waals surface area contributed by atoms with Crippen LogP contribution in [0.25, 0.3) is 0 Å². The number of carbonyl (C=O) groups excluding carboxylic acids is 2. The molecule has 3 unspecified atom stereocenters. The first-order chi connectivity index (χ1) is 14.4. The molecule has 2 fully saturated rings. The van der Waals surface area contributed by atoms with Crippen LogP contribution in [0.1, 0.15) is 97.3 Å². The Kier molecular flexibility index (Phi) is 10.6. The first-order valence-electron chi connectivity index (χ1n) is 11.9. The van der Waals surface area contributed by atoms with Crippen LogP contribution < -0.4 is 0 Å². The minimum absolute atomic E-state index is 0.00171. The number of nitrogens with zero attached hydrogens (tertiary/aromatic N) is 1. The molecule has 0 bridgehead atoms. The van der Waals surface area contributed by atoms with E-state index in [0.29, 0.717) is 45.1 Å². The number of nitro groups is 1. The zero-order valence-electron chi connectivity index (χ0n) is 18.7. The van der Waals surface area contributed by atoms with Gasteiger partial charge >= 0.3 is 11.9 Å². The minimum Gasteiger partial charge on any atom is -0.465 e. The largest absolute Gasteiger partial charge is 0.465 e. The Hall–Kier alpha value is -1.66. The van der Waals surface area contributed by atoms with Gasteiger partial charge in [0, 0.05) is 17.3 Å². The molecule has 0 N–H and O–H groups in total. The van der Waals surface area contributed by atoms with Gasteiger partial charge < -0.3 is 9.47 Å². The molecule has 0 aliphatic heterocycles. The maximum Gasteiger partial charge on any atom is 0.309 e. The van der Waals surface area contributed by atoms with Crippen molar-refractivity contribution in [1.29, 1.82) is 0 Å². The Balaban J connectivity index is 1.62. The SMILES string of the molecule is CCCCCCCCOC(=O)C1CCC(OC(=O)C2CCC(C)C([N+](=O)[O-])C2)CC1. The number of esters is 2. The summed E-state index contributed by atoms with van der Waals surface area (Å²) in [6, 6.07) is -0.659. The number of rotatable bonds is 11. The minimum atomic E-state index is -0.659. The number of hydrogen-bond acceptors (Lipinski definition) is 6. The second-order valence-electron chi connectivity index (χ2n) is 9.19. The van der Waals surface area contributed by atoms with Crippen LogP contribution in [0.5, 0.6) is 0 Å². The van der Waals surface area contributed by atoms with Gasteiger partial charge in [-0.15, -0.1) is 0 Å². The van der Waals surface area contributed by atoms with Gasteiger partial charge in [-0.05, 0) is 44.9 Å². The fourth-order valence-corrected chi connectivity index (χ4v) is 4.66. The van der Waals surface area contributed by atoms with Crippen LogP contribution in [-0.4, -0.2) is 35.6 Å². The fraction of sp³-hybridized carbons (Fsp3) is 0.913. The Labute approximate surface area is 180 Å². The average molecular weight is 426 g/mol. The van der Waals surface area contributed by atoms with Gasteiger partial charge in [0.2, 0.25) is 6.04 Å². The first kappa shape index (κ1) is 24.6. The number of unbranched alkanes of at least 4 members (excludes halogenated alkanes) is 5. The molecule has 7 heteroatoms. The molecular weight excluding hydrogens is 386 g/mol. The highest BCUT2D eigenvalue weighted by atomic mass is 16.6. The van der Waals surface area contributed by atoms with E-state index >= 15 is 0 Å². The third-order valence-corrected chi connectivity index (χ3v) is 6.79. The van der Waals surface area contributed by atoms with Gasteiger partial charge in [0.05, 0.1) is 18.4 Å². The lowest BCUT2D eigenvalue weighted by atomic mass is 9.79. The number of hydrogen-bond donors (Lipinski definition) is 0. The zero-order chi connectivity index (χ0) is 21.9. The lowest BCUT2D eigenvalue weighted by Gasteiger charge is -2.31. The molecule has 0 saturated heterocycles. The van der Waals surface area contributed by atoms with Crippen molar-refractivity contribution in [3.63, 3.8) is 0 Å². The Morgan fingerprint density at radius 1 is 0.900 bits per heavy atom. The Morgan fingerprint density at radius 2 is 1.53 bits per heavy atom. The topological polar surface area (TPSA) is 95.7 Å². The first-order valence-corrected chi connectivity index (χ1v) is 11.9. The second-order valence-corrected chi connectivity index (χ2v) is 9.19. The van der Waals surface area contributed by atoms with Crippen LogP contribution in [0, 0.1) is 27.9 Å². The predicted octanol–water partition coefficient (Wildman–Crippen LogP) is 5.07. The van der Waals surface area contributed by atoms with Gasteiger partial charge in [-0.2, -0.15) is 0 Å². The van der Waals surface area contributed by atoms with E-state index < -0.39 is 6.04 Å². The summed E-state index contributed by atoms with van der Waals surface area (Å²) in [5.41, 5.74) is 0. The highest BCUT2D eigenvalue weighted by Gasteiger charge is 2.40. The lowest BCUT2D eigenvalue weighted by molar-refractivity contribution is -0.536. The third kappa shape index (κ3) is 7.88. The molecule has 7 nitrogen and oxygen atoms in total. The van der Waals surface area contributed by atoms with Crippen molar-refractivity contribution in [2.75, 3.05) is 6.61 Å². The molecule has 0 aromatic carbocycles.